The van der Waals surface area contributed by atoms with Crippen LogP contribution in [0.5, 0.6) is 0 Å². The predicted octanol–water partition coefficient (Wildman–Crippen LogP) is 4.29. The van der Waals surface area contributed by atoms with Crippen LogP contribution in [-0.4, -0.2) is 10.8 Å². The Kier molecular flexibility index (Phi) is 5.33. The second-order valence-electron chi connectivity index (χ2n) is 5.91. The molecule has 0 amide bonds. The molecule has 3 aromatic carbocycles. The summed E-state index contributed by atoms with van der Waals surface area (Å²) >= 11 is 0. The number of hydrogen-bond acceptors (Lipinski definition) is 2. The van der Waals surface area contributed by atoms with Crippen LogP contribution in [0.15, 0.2) is 104 Å². The van der Waals surface area contributed by atoms with Crippen molar-refractivity contribution in [2.45, 2.75) is 11.8 Å². The fourth-order valence-corrected chi connectivity index (χ4v) is 6.20. The average Bonchev–Trinajstić information content (AvgIpc) is 2.70. The van der Waals surface area contributed by atoms with E-state index in [1.807, 2.05) is 91.0 Å². The minimum atomic E-state index is -3.12. The summed E-state index contributed by atoms with van der Waals surface area (Å²) in [6.45, 7) is 3.89. The second kappa shape index (κ2) is 7.65. The van der Waals surface area contributed by atoms with Crippen LogP contribution in [0.25, 0.3) is 0 Å². The third-order valence-electron chi connectivity index (χ3n) is 4.41. The van der Waals surface area contributed by atoms with Crippen molar-refractivity contribution >= 4 is 17.8 Å². The normalized spacial score (nSPS) is 13.8. The van der Waals surface area contributed by atoms with E-state index in [1.165, 1.54) is 0 Å². The molecule has 0 unspecified atom stereocenters. The molecule has 2 nitrogen and oxygen atoms in total. The van der Waals surface area contributed by atoms with Gasteiger partial charge in [0.15, 0.2) is 7.14 Å². The molecule has 0 aliphatic heterocycles. The van der Waals surface area contributed by atoms with E-state index >= 15 is 0 Å². The van der Waals surface area contributed by atoms with Gasteiger partial charge in [-0.1, -0.05) is 97.1 Å². The first-order valence-electron chi connectivity index (χ1n) is 8.24. The molecule has 0 aliphatic rings. The second-order valence-corrected chi connectivity index (χ2v) is 8.86. The highest BCUT2D eigenvalue weighted by molar-refractivity contribution is 7.79. The Labute approximate surface area is 148 Å². The highest BCUT2D eigenvalue weighted by Gasteiger charge is 2.39. The van der Waals surface area contributed by atoms with Crippen LogP contribution in [0.2, 0.25) is 0 Å². The standard InChI is InChI=1S/C22H21O2P/c1-2-21(22(23)18-12-6-3-7-13-18)25(24,19-14-8-4-9-15-19)20-16-10-5-11-17-20/h2-17,21-23H,1H2/t21-,22+/m0/s1. The fourth-order valence-electron chi connectivity index (χ4n) is 3.12. The van der Waals surface area contributed by atoms with Gasteiger partial charge in [0, 0.05) is 10.6 Å². The van der Waals surface area contributed by atoms with E-state index in [2.05, 4.69) is 6.58 Å². The quantitative estimate of drug-likeness (QED) is 0.533. The number of aliphatic hydroxyl groups excluding tert-OH is 1. The van der Waals surface area contributed by atoms with Gasteiger partial charge in [-0.05, 0) is 5.56 Å². The van der Waals surface area contributed by atoms with E-state index in [0.717, 1.165) is 16.2 Å². The van der Waals surface area contributed by atoms with Crippen LogP contribution >= 0.6 is 7.14 Å². The summed E-state index contributed by atoms with van der Waals surface area (Å²) in [5.41, 5.74) is 0.124. The van der Waals surface area contributed by atoms with Crippen molar-refractivity contribution in [3.05, 3.63) is 109 Å². The number of hydrogen-bond donors (Lipinski definition) is 1. The molecule has 0 bridgehead atoms. The summed E-state index contributed by atoms with van der Waals surface area (Å²) in [4.78, 5) is 0. The molecule has 3 heteroatoms. The number of rotatable bonds is 6. The highest BCUT2D eigenvalue weighted by Crippen LogP contribution is 2.53. The lowest BCUT2D eigenvalue weighted by Crippen LogP contribution is -2.29. The Morgan fingerprint density at radius 1 is 0.760 bits per heavy atom. The van der Waals surface area contributed by atoms with Gasteiger partial charge in [-0.25, -0.2) is 0 Å². The summed E-state index contributed by atoms with van der Waals surface area (Å²) in [5, 5.41) is 12.4. The van der Waals surface area contributed by atoms with Gasteiger partial charge in [0.05, 0.1) is 11.8 Å². The van der Waals surface area contributed by atoms with Crippen LogP contribution in [0.3, 0.4) is 0 Å². The maximum Gasteiger partial charge on any atom is 0.152 e. The zero-order valence-electron chi connectivity index (χ0n) is 13.9. The molecule has 0 radical (unpaired) electrons. The summed E-state index contributed by atoms with van der Waals surface area (Å²) in [5.74, 6) is 0. The molecule has 0 saturated carbocycles. The van der Waals surface area contributed by atoms with Crippen molar-refractivity contribution in [2.75, 3.05) is 0 Å². The Morgan fingerprint density at radius 3 is 1.56 bits per heavy atom. The maximum atomic E-state index is 14.3. The molecule has 0 aromatic heterocycles. The molecule has 25 heavy (non-hydrogen) atoms. The van der Waals surface area contributed by atoms with Crippen molar-refractivity contribution in [2.24, 2.45) is 0 Å². The maximum absolute atomic E-state index is 14.3. The van der Waals surface area contributed by atoms with Crippen LogP contribution in [0.1, 0.15) is 11.7 Å². The molecule has 0 spiro atoms. The van der Waals surface area contributed by atoms with Crippen molar-refractivity contribution in [3.63, 3.8) is 0 Å². The summed E-state index contributed by atoms with van der Waals surface area (Å²) < 4.78 is 14.3. The predicted molar refractivity (Wildman–Crippen MR) is 105 cm³/mol. The van der Waals surface area contributed by atoms with Crippen molar-refractivity contribution in [3.8, 4) is 0 Å². The van der Waals surface area contributed by atoms with E-state index < -0.39 is 18.9 Å². The monoisotopic (exact) mass is 348 g/mol. The van der Waals surface area contributed by atoms with Gasteiger partial charge in [0.25, 0.3) is 0 Å². The molecule has 0 aliphatic carbocycles. The zero-order chi connectivity index (χ0) is 17.7. The average molecular weight is 348 g/mol. The summed E-state index contributed by atoms with van der Waals surface area (Å²) in [6, 6.07) is 28.1. The van der Waals surface area contributed by atoms with Crippen molar-refractivity contribution < 1.29 is 9.67 Å². The summed E-state index contributed by atoms with van der Waals surface area (Å²) in [7, 11) is -3.12. The molecule has 1 N–H and O–H groups in total. The first-order valence-corrected chi connectivity index (χ1v) is 10.0. The smallest absolute Gasteiger partial charge is 0.152 e. The number of benzene rings is 3. The molecule has 126 valence electrons. The lowest BCUT2D eigenvalue weighted by molar-refractivity contribution is 0.184. The van der Waals surface area contributed by atoms with Gasteiger partial charge < -0.3 is 9.67 Å². The van der Waals surface area contributed by atoms with Crippen LogP contribution in [-0.2, 0) is 4.57 Å². The van der Waals surface area contributed by atoms with Gasteiger partial charge in [-0.3, -0.25) is 0 Å². The van der Waals surface area contributed by atoms with Crippen LogP contribution < -0.4 is 10.6 Å². The van der Waals surface area contributed by atoms with E-state index in [9.17, 15) is 9.67 Å². The minimum Gasteiger partial charge on any atom is -0.387 e. The molecule has 3 aromatic rings. The molecule has 2 atom stereocenters. The lowest BCUT2D eigenvalue weighted by Gasteiger charge is -2.30. The highest BCUT2D eigenvalue weighted by atomic mass is 31.2. The van der Waals surface area contributed by atoms with Crippen molar-refractivity contribution in [1.82, 2.24) is 0 Å². The minimum absolute atomic E-state index is 0.611. The molecular formula is C22H21O2P. The van der Waals surface area contributed by atoms with Crippen LogP contribution in [0, 0.1) is 0 Å². The third kappa shape index (κ3) is 3.37. The largest absolute Gasteiger partial charge is 0.387 e. The van der Waals surface area contributed by atoms with E-state index in [4.69, 9.17) is 0 Å². The van der Waals surface area contributed by atoms with E-state index in [1.54, 1.807) is 6.08 Å². The first kappa shape index (κ1) is 17.4. The van der Waals surface area contributed by atoms with E-state index in [0.29, 0.717) is 0 Å². The Hall–Kier alpha value is -2.41. The van der Waals surface area contributed by atoms with Gasteiger partial charge in [0.2, 0.25) is 0 Å². The van der Waals surface area contributed by atoms with Gasteiger partial charge in [-0.15, -0.1) is 6.58 Å². The Balaban J connectivity index is 2.17. The van der Waals surface area contributed by atoms with E-state index in [-0.39, 0.29) is 0 Å². The zero-order valence-corrected chi connectivity index (χ0v) is 14.8. The van der Waals surface area contributed by atoms with Crippen molar-refractivity contribution in [1.29, 1.82) is 0 Å². The number of aliphatic hydroxyl groups is 1. The lowest BCUT2D eigenvalue weighted by atomic mass is 10.1. The Bertz CT molecular complexity index is 817. The molecule has 0 heterocycles. The third-order valence-corrected chi connectivity index (χ3v) is 7.87. The van der Waals surface area contributed by atoms with Gasteiger partial charge in [0.1, 0.15) is 0 Å². The molecule has 3 rings (SSSR count). The fraction of sp³-hybridized carbons (Fsp3) is 0.0909. The van der Waals surface area contributed by atoms with Gasteiger partial charge in [-0.2, -0.15) is 0 Å². The molecule has 0 saturated heterocycles. The Morgan fingerprint density at radius 2 is 1.16 bits per heavy atom. The first-order chi connectivity index (χ1) is 12.2. The summed E-state index contributed by atoms with van der Waals surface area (Å²) in [6.07, 6.45) is 0.725. The molecule has 0 fully saturated rings. The van der Waals surface area contributed by atoms with Crippen LogP contribution in [0.4, 0.5) is 0 Å². The SMILES string of the molecule is C=C[C@@H]([C@H](O)c1ccccc1)P(=O)(c1ccccc1)c1ccccc1. The molecular weight excluding hydrogens is 327 g/mol. The van der Waals surface area contributed by atoms with Gasteiger partial charge >= 0.3 is 0 Å². The topological polar surface area (TPSA) is 37.3 Å².